The van der Waals surface area contributed by atoms with E-state index < -0.39 is 0 Å². The van der Waals surface area contributed by atoms with E-state index in [2.05, 4.69) is 5.29 Å². The van der Waals surface area contributed by atoms with Crippen molar-refractivity contribution in [1.29, 1.82) is 0 Å². The van der Waals surface area contributed by atoms with Gasteiger partial charge in [-0.3, -0.25) is 5.01 Å². The summed E-state index contributed by atoms with van der Waals surface area (Å²) in [5.41, 5.74) is 0. The van der Waals surface area contributed by atoms with Crippen molar-refractivity contribution in [3.63, 3.8) is 0 Å². The largest absolute Gasteiger partial charge is 0.261 e. The highest BCUT2D eigenvalue weighted by Crippen LogP contribution is 2.03. The predicted octanol–water partition coefficient (Wildman–Crippen LogP) is 0.374. The Kier molecular flexibility index (Phi) is 0.742. The molecule has 0 aromatic heterocycles. The lowest BCUT2D eigenvalue weighted by molar-refractivity contribution is 0.187. The van der Waals surface area contributed by atoms with Gasteiger partial charge in [0.1, 0.15) is 0 Å². The van der Waals surface area contributed by atoms with Crippen LogP contribution in [0.2, 0.25) is 0 Å². The van der Waals surface area contributed by atoms with Crippen LogP contribution < -0.4 is 0 Å². The van der Waals surface area contributed by atoms with E-state index in [1.807, 2.05) is 0 Å². The Morgan fingerprint density at radius 3 is 2.17 bits per heavy atom. The second-order valence-electron chi connectivity index (χ2n) is 1.39. The third-order valence-electron chi connectivity index (χ3n) is 0.948. The predicted molar refractivity (Wildman–Crippen MR) is 22.0 cm³/mol. The van der Waals surface area contributed by atoms with Crippen LogP contribution in [0.3, 0.4) is 0 Å². The highest BCUT2D eigenvalue weighted by Gasteiger charge is 2.10. The fraction of sp³-hybridized carbons (Fsp3) is 1.00. The molecule has 1 aliphatic heterocycles. The van der Waals surface area contributed by atoms with Gasteiger partial charge in [0.25, 0.3) is 0 Å². The zero-order chi connectivity index (χ0) is 4.41. The van der Waals surface area contributed by atoms with Crippen LogP contribution in [-0.4, -0.2) is 18.1 Å². The molecule has 3 heteroatoms. The van der Waals surface area contributed by atoms with Crippen molar-refractivity contribution in [1.82, 2.24) is 5.01 Å². The lowest BCUT2D eigenvalue weighted by Gasteiger charge is -2.22. The van der Waals surface area contributed by atoms with Gasteiger partial charge in [-0.2, -0.15) is 0 Å². The van der Waals surface area contributed by atoms with Gasteiger partial charge < -0.3 is 0 Å². The van der Waals surface area contributed by atoms with Gasteiger partial charge in [0.05, 0.1) is 5.29 Å². The first kappa shape index (κ1) is 3.59. The van der Waals surface area contributed by atoms with Crippen molar-refractivity contribution < 1.29 is 0 Å². The molecule has 1 rings (SSSR count). The van der Waals surface area contributed by atoms with Gasteiger partial charge in [0, 0.05) is 13.1 Å². The third kappa shape index (κ3) is 0.358. The minimum absolute atomic E-state index is 0.865. The Labute approximate surface area is 35.9 Å². The first-order chi connectivity index (χ1) is 2.93. The van der Waals surface area contributed by atoms with Crippen molar-refractivity contribution in [3.05, 3.63) is 4.91 Å². The van der Waals surface area contributed by atoms with Crippen molar-refractivity contribution in [2.45, 2.75) is 6.42 Å². The topological polar surface area (TPSA) is 32.7 Å². The molecule has 0 saturated carbocycles. The highest BCUT2D eigenvalue weighted by molar-refractivity contribution is 4.61. The molecular weight excluding hydrogens is 80.0 g/mol. The van der Waals surface area contributed by atoms with Crippen LogP contribution in [0, 0.1) is 4.91 Å². The fourth-order valence-corrected chi connectivity index (χ4v) is 0.381. The summed E-state index contributed by atoms with van der Waals surface area (Å²) in [6, 6.07) is 0. The Morgan fingerprint density at radius 1 is 1.50 bits per heavy atom. The second-order valence-corrected chi connectivity index (χ2v) is 1.39. The summed E-state index contributed by atoms with van der Waals surface area (Å²) in [5.74, 6) is 0. The van der Waals surface area contributed by atoms with Crippen LogP contribution in [0.1, 0.15) is 6.42 Å². The van der Waals surface area contributed by atoms with E-state index in [1.54, 1.807) is 0 Å². The normalized spacial score (nSPS) is 19.7. The Balaban J connectivity index is 2.16. The number of nitrogens with zero attached hydrogens (tertiary/aromatic N) is 2. The first-order valence-electron chi connectivity index (χ1n) is 2.02. The number of hydrogen-bond acceptors (Lipinski definition) is 2. The van der Waals surface area contributed by atoms with Crippen molar-refractivity contribution in [2.24, 2.45) is 5.29 Å². The number of nitroso groups, excluding NO2 is 1. The number of rotatable bonds is 1. The van der Waals surface area contributed by atoms with Gasteiger partial charge >= 0.3 is 0 Å². The van der Waals surface area contributed by atoms with Crippen molar-refractivity contribution in [3.8, 4) is 0 Å². The minimum atomic E-state index is 0.865. The molecule has 0 bridgehead atoms. The molecule has 6 heavy (non-hydrogen) atoms. The van der Waals surface area contributed by atoms with E-state index in [4.69, 9.17) is 0 Å². The first-order valence-corrected chi connectivity index (χ1v) is 2.02. The molecule has 1 heterocycles. The van der Waals surface area contributed by atoms with Crippen LogP contribution in [0.5, 0.6) is 0 Å². The Bertz CT molecular complexity index is 59.8. The molecule has 0 N–H and O–H groups in total. The molecule has 1 aliphatic rings. The van der Waals surface area contributed by atoms with Gasteiger partial charge in [0.15, 0.2) is 0 Å². The van der Waals surface area contributed by atoms with Gasteiger partial charge in [-0.05, 0) is 6.42 Å². The second kappa shape index (κ2) is 1.24. The highest BCUT2D eigenvalue weighted by atomic mass is 16.3. The summed E-state index contributed by atoms with van der Waals surface area (Å²) in [6.45, 7) is 1.73. The van der Waals surface area contributed by atoms with Gasteiger partial charge in [0.2, 0.25) is 0 Å². The fourth-order valence-electron chi connectivity index (χ4n) is 0.381. The molecule has 0 aliphatic carbocycles. The quantitative estimate of drug-likeness (QED) is 0.432. The summed E-state index contributed by atoms with van der Waals surface area (Å²) >= 11 is 0. The summed E-state index contributed by atoms with van der Waals surface area (Å²) in [4.78, 5) is 9.46. The summed E-state index contributed by atoms with van der Waals surface area (Å²) < 4.78 is 0. The van der Waals surface area contributed by atoms with Gasteiger partial charge in [-0.1, -0.05) is 0 Å². The maximum absolute atomic E-state index is 9.46. The van der Waals surface area contributed by atoms with Crippen molar-refractivity contribution in [2.75, 3.05) is 13.1 Å². The van der Waals surface area contributed by atoms with Gasteiger partial charge in [-0.25, -0.2) is 0 Å². The zero-order valence-corrected chi connectivity index (χ0v) is 3.42. The smallest absolute Gasteiger partial charge is 0.0523 e. The van der Waals surface area contributed by atoms with Crippen LogP contribution in [0.4, 0.5) is 0 Å². The molecule has 0 atom stereocenters. The Hall–Kier alpha value is -0.600. The van der Waals surface area contributed by atoms with E-state index in [1.165, 1.54) is 5.01 Å². The molecular formula is C3H6N2O. The molecule has 1 saturated heterocycles. The van der Waals surface area contributed by atoms with E-state index in [-0.39, 0.29) is 0 Å². The van der Waals surface area contributed by atoms with Crippen molar-refractivity contribution >= 4 is 0 Å². The molecule has 0 aromatic rings. The van der Waals surface area contributed by atoms with Crippen LogP contribution in [-0.2, 0) is 0 Å². The zero-order valence-electron chi connectivity index (χ0n) is 3.42. The molecule has 0 amide bonds. The summed E-state index contributed by atoms with van der Waals surface area (Å²) in [7, 11) is 0. The minimum Gasteiger partial charge on any atom is -0.261 e. The van der Waals surface area contributed by atoms with Crippen LogP contribution in [0.15, 0.2) is 5.29 Å². The number of hydrogen-bond donors (Lipinski definition) is 0. The van der Waals surface area contributed by atoms with E-state index in [0.717, 1.165) is 19.5 Å². The molecule has 1 fully saturated rings. The molecule has 0 unspecified atom stereocenters. The standard InChI is InChI=1S/C3H6N2O/c6-4-5-2-1-3-5/h1-3H2. The maximum atomic E-state index is 9.46. The van der Waals surface area contributed by atoms with E-state index >= 15 is 0 Å². The average molecular weight is 86.1 g/mol. The molecule has 34 valence electrons. The van der Waals surface area contributed by atoms with Crippen LogP contribution >= 0.6 is 0 Å². The monoisotopic (exact) mass is 86.0 g/mol. The Morgan fingerprint density at radius 2 is 2.17 bits per heavy atom. The molecule has 0 radical (unpaired) electrons. The van der Waals surface area contributed by atoms with E-state index in [0.29, 0.717) is 0 Å². The van der Waals surface area contributed by atoms with E-state index in [9.17, 15) is 4.91 Å². The maximum Gasteiger partial charge on any atom is 0.0523 e. The third-order valence-corrected chi connectivity index (χ3v) is 0.948. The lowest BCUT2D eigenvalue weighted by Crippen LogP contribution is -2.31. The molecule has 3 nitrogen and oxygen atoms in total. The summed E-state index contributed by atoms with van der Waals surface area (Å²) in [5, 5.41) is 4.18. The summed E-state index contributed by atoms with van der Waals surface area (Å²) in [6.07, 6.45) is 1.13. The molecule has 0 spiro atoms. The van der Waals surface area contributed by atoms with Gasteiger partial charge in [-0.15, -0.1) is 4.91 Å². The SMILES string of the molecule is O=NN1CCC1. The average Bonchev–Trinajstić information content (AvgIpc) is 1.31. The van der Waals surface area contributed by atoms with Crippen LogP contribution in [0.25, 0.3) is 0 Å². The molecule has 0 aromatic carbocycles. The lowest BCUT2D eigenvalue weighted by atomic mass is 10.3.